The summed E-state index contributed by atoms with van der Waals surface area (Å²) in [6, 6.07) is 13.8. The van der Waals surface area contributed by atoms with Crippen LogP contribution in [0, 0.1) is 24.6 Å². The Morgan fingerprint density at radius 3 is 2.31 bits per heavy atom. The second kappa shape index (κ2) is 8.01. The van der Waals surface area contributed by atoms with E-state index in [1.165, 1.54) is 29.8 Å². The van der Waals surface area contributed by atoms with Gasteiger partial charge in [0.2, 0.25) is 0 Å². The van der Waals surface area contributed by atoms with Gasteiger partial charge in [-0.05, 0) is 43.0 Å². The molecule has 1 atom stereocenters. The summed E-state index contributed by atoms with van der Waals surface area (Å²) in [6.07, 6.45) is 0.418. The molecule has 2 aromatic carbocycles. The van der Waals surface area contributed by atoms with E-state index in [1.807, 2.05) is 31.2 Å². The van der Waals surface area contributed by atoms with E-state index >= 15 is 0 Å². The fourth-order valence-corrected chi connectivity index (χ4v) is 3.22. The zero-order valence-electron chi connectivity index (χ0n) is 15.0. The molecule has 0 amide bonds. The van der Waals surface area contributed by atoms with Gasteiger partial charge in [-0.1, -0.05) is 53.8 Å². The van der Waals surface area contributed by atoms with E-state index in [9.17, 15) is 14.6 Å². The number of aryl methyl sites for hydroxylation is 1. The maximum atomic E-state index is 12.9. The van der Waals surface area contributed by atoms with Crippen molar-refractivity contribution in [2.45, 2.75) is 31.5 Å². The Morgan fingerprint density at radius 2 is 1.69 bits per heavy atom. The van der Waals surface area contributed by atoms with E-state index in [2.05, 4.69) is 16.7 Å². The highest BCUT2D eigenvalue weighted by Crippen LogP contribution is 2.32. The molecule has 3 nitrogen and oxygen atoms in total. The average Bonchev–Trinajstić information content (AvgIpc) is 2.64. The van der Waals surface area contributed by atoms with Crippen LogP contribution in [0.4, 0.5) is 4.39 Å². The molecule has 1 saturated heterocycles. The molecule has 0 aromatic heterocycles. The maximum absolute atomic E-state index is 12.9. The Morgan fingerprint density at radius 1 is 1.08 bits per heavy atom. The summed E-state index contributed by atoms with van der Waals surface area (Å²) < 4.78 is 12.9. The molecule has 136 valence electrons. The lowest BCUT2D eigenvalue weighted by molar-refractivity contribution is -0.0230. The molecule has 2 N–H and O–H groups in total. The number of hydrogen-bond acceptors (Lipinski definition) is 3. The molecule has 2 aromatic rings. The van der Waals surface area contributed by atoms with Gasteiger partial charge in [0.25, 0.3) is 0 Å². The van der Waals surface area contributed by atoms with Crippen LogP contribution < -0.4 is 0 Å². The first kappa shape index (κ1) is 18.6. The SMILES string of the molecule is Cc1ccc(C2(O)CCN(CC#CC(O)c3ccc(F)cc3)CC2)cc1. The van der Waals surface area contributed by atoms with E-state index in [4.69, 9.17) is 0 Å². The first-order valence-electron chi connectivity index (χ1n) is 8.90. The van der Waals surface area contributed by atoms with E-state index < -0.39 is 11.7 Å². The molecule has 1 aliphatic heterocycles. The molecule has 0 aliphatic carbocycles. The molecule has 0 saturated carbocycles. The Kier molecular flexibility index (Phi) is 5.73. The standard InChI is InChI=1S/C22H24FNO2/c1-17-4-8-19(9-5-17)22(26)12-15-24(16-13-22)14-2-3-21(25)18-6-10-20(23)11-7-18/h4-11,21,25-26H,12-16H2,1H3. The minimum atomic E-state index is -0.912. The van der Waals surface area contributed by atoms with Gasteiger partial charge in [0.1, 0.15) is 11.9 Å². The van der Waals surface area contributed by atoms with E-state index in [-0.39, 0.29) is 5.82 Å². The topological polar surface area (TPSA) is 43.7 Å². The highest BCUT2D eigenvalue weighted by molar-refractivity contribution is 5.28. The van der Waals surface area contributed by atoms with Crippen LogP contribution in [-0.4, -0.2) is 34.7 Å². The number of aliphatic hydroxyl groups excluding tert-OH is 1. The second-order valence-electron chi connectivity index (χ2n) is 6.95. The van der Waals surface area contributed by atoms with Gasteiger partial charge in [-0.2, -0.15) is 0 Å². The minimum Gasteiger partial charge on any atom is -0.385 e. The zero-order chi connectivity index (χ0) is 18.6. The summed E-state index contributed by atoms with van der Waals surface area (Å²) in [5.41, 5.74) is 1.97. The number of likely N-dealkylation sites (tertiary alicyclic amines) is 1. The van der Waals surface area contributed by atoms with Gasteiger partial charge in [0.05, 0.1) is 12.1 Å². The van der Waals surface area contributed by atoms with Crippen molar-refractivity contribution in [3.8, 4) is 11.8 Å². The average molecular weight is 353 g/mol. The molecule has 0 spiro atoms. The zero-order valence-corrected chi connectivity index (χ0v) is 15.0. The molecular formula is C22H24FNO2. The smallest absolute Gasteiger partial charge is 0.140 e. The summed E-state index contributed by atoms with van der Waals surface area (Å²) in [7, 11) is 0. The highest BCUT2D eigenvalue weighted by atomic mass is 19.1. The number of halogens is 1. The second-order valence-corrected chi connectivity index (χ2v) is 6.95. The van der Waals surface area contributed by atoms with Crippen LogP contribution in [-0.2, 0) is 5.60 Å². The highest BCUT2D eigenvalue weighted by Gasteiger charge is 2.33. The molecule has 4 heteroatoms. The number of benzene rings is 2. The van der Waals surface area contributed by atoms with Crippen molar-refractivity contribution in [2.75, 3.05) is 19.6 Å². The Labute approximate surface area is 154 Å². The largest absolute Gasteiger partial charge is 0.385 e. The molecular weight excluding hydrogens is 329 g/mol. The quantitative estimate of drug-likeness (QED) is 0.833. The summed E-state index contributed by atoms with van der Waals surface area (Å²) in [6.45, 7) is 4.09. The number of aliphatic hydroxyl groups is 2. The van der Waals surface area contributed by atoms with Gasteiger partial charge in [0.15, 0.2) is 0 Å². The first-order valence-corrected chi connectivity index (χ1v) is 8.90. The molecule has 26 heavy (non-hydrogen) atoms. The van der Waals surface area contributed by atoms with Gasteiger partial charge < -0.3 is 10.2 Å². The van der Waals surface area contributed by atoms with E-state index in [1.54, 1.807) is 0 Å². The molecule has 1 aliphatic rings. The van der Waals surface area contributed by atoms with E-state index in [0.29, 0.717) is 24.9 Å². The number of piperidine rings is 1. The van der Waals surface area contributed by atoms with Crippen molar-refractivity contribution in [1.82, 2.24) is 4.90 Å². The van der Waals surface area contributed by atoms with Gasteiger partial charge in [0, 0.05) is 13.1 Å². The third-order valence-electron chi connectivity index (χ3n) is 5.00. The van der Waals surface area contributed by atoms with Crippen LogP contribution >= 0.6 is 0 Å². The first-order chi connectivity index (χ1) is 12.5. The number of hydrogen-bond donors (Lipinski definition) is 2. The maximum Gasteiger partial charge on any atom is 0.140 e. The predicted octanol–water partition coefficient (Wildman–Crippen LogP) is 3.15. The molecule has 1 heterocycles. The van der Waals surface area contributed by atoms with Gasteiger partial charge >= 0.3 is 0 Å². The summed E-state index contributed by atoms with van der Waals surface area (Å²) in [4.78, 5) is 2.17. The Hall–Kier alpha value is -2.19. The van der Waals surface area contributed by atoms with Crippen molar-refractivity contribution in [3.05, 3.63) is 71.0 Å². The van der Waals surface area contributed by atoms with Crippen LogP contribution in [0.2, 0.25) is 0 Å². The van der Waals surface area contributed by atoms with Crippen LogP contribution in [0.5, 0.6) is 0 Å². The monoisotopic (exact) mass is 353 g/mol. The van der Waals surface area contributed by atoms with Crippen molar-refractivity contribution < 1.29 is 14.6 Å². The third-order valence-corrected chi connectivity index (χ3v) is 5.00. The fourth-order valence-electron chi connectivity index (χ4n) is 3.22. The van der Waals surface area contributed by atoms with Gasteiger partial charge in [-0.15, -0.1) is 0 Å². The van der Waals surface area contributed by atoms with Crippen molar-refractivity contribution in [2.24, 2.45) is 0 Å². The number of rotatable bonds is 3. The summed E-state index contributed by atoms with van der Waals surface area (Å²) in [5, 5.41) is 20.9. The van der Waals surface area contributed by atoms with Crippen LogP contribution in [0.3, 0.4) is 0 Å². The lowest BCUT2D eigenvalue weighted by Crippen LogP contribution is -2.42. The third kappa shape index (κ3) is 4.50. The van der Waals surface area contributed by atoms with Crippen LogP contribution in [0.1, 0.15) is 35.6 Å². The lowest BCUT2D eigenvalue weighted by Gasteiger charge is -2.37. The lowest BCUT2D eigenvalue weighted by atomic mass is 9.84. The molecule has 0 radical (unpaired) electrons. The normalized spacial score (nSPS) is 18.0. The van der Waals surface area contributed by atoms with E-state index in [0.717, 1.165) is 18.7 Å². The van der Waals surface area contributed by atoms with Gasteiger partial charge in [-0.3, -0.25) is 4.90 Å². The van der Waals surface area contributed by atoms with Crippen molar-refractivity contribution in [1.29, 1.82) is 0 Å². The fraction of sp³-hybridized carbons (Fsp3) is 0.364. The minimum absolute atomic E-state index is 0.330. The molecule has 1 unspecified atom stereocenters. The Balaban J connectivity index is 1.53. The summed E-state index contributed by atoms with van der Waals surface area (Å²) >= 11 is 0. The predicted molar refractivity (Wildman–Crippen MR) is 99.9 cm³/mol. The summed E-state index contributed by atoms with van der Waals surface area (Å²) in [5.74, 6) is 5.47. The Bertz CT molecular complexity index is 782. The number of nitrogens with zero attached hydrogens (tertiary/aromatic N) is 1. The molecule has 1 fully saturated rings. The molecule has 0 bridgehead atoms. The molecule has 3 rings (SSSR count). The van der Waals surface area contributed by atoms with Crippen molar-refractivity contribution in [3.63, 3.8) is 0 Å². The van der Waals surface area contributed by atoms with Gasteiger partial charge in [-0.25, -0.2) is 4.39 Å². The van der Waals surface area contributed by atoms with Crippen LogP contribution in [0.15, 0.2) is 48.5 Å². The van der Waals surface area contributed by atoms with Crippen molar-refractivity contribution >= 4 is 0 Å². The van der Waals surface area contributed by atoms with Crippen LogP contribution in [0.25, 0.3) is 0 Å².